The molecule has 0 aliphatic heterocycles. The number of hydrogen-bond donors (Lipinski definition) is 0. The molecule has 0 amide bonds. The van der Waals surface area contributed by atoms with Crippen molar-refractivity contribution in [2.24, 2.45) is 10.1 Å². The van der Waals surface area contributed by atoms with Gasteiger partial charge in [-0.1, -0.05) is 12.1 Å². The lowest BCUT2D eigenvalue weighted by molar-refractivity contribution is 0.416. The highest BCUT2D eigenvalue weighted by Crippen LogP contribution is 2.27. The standard InChI is InChI=1S/C19H15N3O3S/c1-23-17-8-3-2-7-15(17)21-19-22(20-12-14-6-4-10-24-14)16(13-26-19)18-9-5-11-25-18/h2-13H,1H3/b20-12+,21-19?. The molecule has 3 heterocycles. The molecule has 0 unspecified atom stereocenters. The quantitative estimate of drug-likeness (QED) is 0.488. The van der Waals surface area contributed by atoms with Crippen molar-refractivity contribution in [3.8, 4) is 17.2 Å². The second-order valence-electron chi connectivity index (χ2n) is 5.24. The number of methoxy groups -OCH3 is 1. The summed E-state index contributed by atoms with van der Waals surface area (Å²) in [6, 6.07) is 15.0. The average molecular weight is 365 g/mol. The maximum Gasteiger partial charge on any atom is 0.211 e. The van der Waals surface area contributed by atoms with Gasteiger partial charge in [-0.05, 0) is 36.4 Å². The van der Waals surface area contributed by atoms with Crippen LogP contribution in [0, 0.1) is 0 Å². The first-order valence-electron chi connectivity index (χ1n) is 7.85. The predicted octanol–water partition coefficient (Wildman–Crippen LogP) is 4.53. The number of para-hydroxylation sites is 2. The average Bonchev–Trinajstić information content (AvgIpc) is 3.42. The molecule has 4 rings (SSSR count). The molecular weight excluding hydrogens is 350 g/mol. The van der Waals surface area contributed by atoms with Crippen molar-refractivity contribution in [3.63, 3.8) is 0 Å². The van der Waals surface area contributed by atoms with Crippen LogP contribution in [0.4, 0.5) is 5.69 Å². The molecule has 7 heteroatoms. The van der Waals surface area contributed by atoms with Crippen LogP contribution in [0.3, 0.4) is 0 Å². The number of rotatable bonds is 5. The molecule has 0 fully saturated rings. The van der Waals surface area contributed by atoms with E-state index in [1.54, 1.807) is 30.5 Å². The van der Waals surface area contributed by atoms with Crippen LogP contribution in [-0.4, -0.2) is 18.0 Å². The smallest absolute Gasteiger partial charge is 0.211 e. The lowest BCUT2D eigenvalue weighted by Gasteiger charge is -2.03. The molecule has 0 bridgehead atoms. The third-order valence-electron chi connectivity index (χ3n) is 3.60. The summed E-state index contributed by atoms with van der Waals surface area (Å²) in [4.78, 5) is 5.40. The number of aromatic nitrogens is 1. The van der Waals surface area contributed by atoms with E-state index in [2.05, 4.69) is 5.10 Å². The van der Waals surface area contributed by atoms with E-state index in [4.69, 9.17) is 18.6 Å². The van der Waals surface area contributed by atoms with Crippen LogP contribution in [0.1, 0.15) is 5.76 Å². The predicted molar refractivity (Wildman–Crippen MR) is 99.9 cm³/mol. The molecule has 6 nitrogen and oxygen atoms in total. The molecule has 0 N–H and O–H groups in total. The van der Waals surface area contributed by atoms with Gasteiger partial charge in [0.25, 0.3) is 0 Å². The Bertz CT molecular complexity index is 1070. The van der Waals surface area contributed by atoms with E-state index in [0.29, 0.717) is 22.1 Å². The second kappa shape index (κ2) is 7.28. The highest BCUT2D eigenvalue weighted by atomic mass is 32.1. The first kappa shape index (κ1) is 16.2. The maximum absolute atomic E-state index is 5.53. The van der Waals surface area contributed by atoms with Crippen molar-refractivity contribution in [1.29, 1.82) is 0 Å². The molecule has 0 aliphatic carbocycles. The van der Waals surface area contributed by atoms with Gasteiger partial charge >= 0.3 is 0 Å². The van der Waals surface area contributed by atoms with Crippen molar-refractivity contribution in [2.45, 2.75) is 0 Å². The third kappa shape index (κ3) is 3.25. The van der Waals surface area contributed by atoms with E-state index in [0.717, 1.165) is 11.4 Å². The van der Waals surface area contributed by atoms with Crippen molar-refractivity contribution in [1.82, 2.24) is 4.68 Å². The molecule has 0 spiro atoms. The largest absolute Gasteiger partial charge is 0.494 e. The van der Waals surface area contributed by atoms with Crippen LogP contribution >= 0.6 is 11.3 Å². The Hall–Kier alpha value is -3.32. The number of hydrogen-bond acceptors (Lipinski definition) is 6. The Morgan fingerprint density at radius 3 is 2.65 bits per heavy atom. The Morgan fingerprint density at radius 1 is 1.04 bits per heavy atom. The Kier molecular flexibility index (Phi) is 4.53. The molecule has 3 aromatic heterocycles. The van der Waals surface area contributed by atoms with Gasteiger partial charge in [0.15, 0.2) is 5.76 Å². The summed E-state index contributed by atoms with van der Waals surface area (Å²) < 4.78 is 18.0. The minimum absolute atomic E-state index is 0.650. The van der Waals surface area contributed by atoms with Crippen molar-refractivity contribution in [3.05, 3.63) is 77.0 Å². The summed E-state index contributed by atoms with van der Waals surface area (Å²) >= 11 is 1.46. The Morgan fingerprint density at radius 2 is 1.88 bits per heavy atom. The highest BCUT2D eigenvalue weighted by Gasteiger charge is 2.11. The normalized spacial score (nSPS) is 12.1. The molecule has 0 aliphatic rings. The van der Waals surface area contributed by atoms with Gasteiger partial charge in [-0.3, -0.25) is 0 Å². The van der Waals surface area contributed by atoms with Gasteiger partial charge in [-0.25, -0.2) is 9.67 Å². The van der Waals surface area contributed by atoms with E-state index >= 15 is 0 Å². The van der Waals surface area contributed by atoms with Crippen LogP contribution in [0.25, 0.3) is 11.5 Å². The minimum atomic E-state index is 0.650. The van der Waals surface area contributed by atoms with Crippen LogP contribution in [-0.2, 0) is 0 Å². The monoisotopic (exact) mass is 365 g/mol. The molecule has 0 radical (unpaired) electrons. The number of benzene rings is 1. The fourth-order valence-corrected chi connectivity index (χ4v) is 3.22. The van der Waals surface area contributed by atoms with Crippen LogP contribution in [0.15, 0.2) is 85.4 Å². The summed E-state index contributed by atoms with van der Waals surface area (Å²) in [6.07, 6.45) is 4.87. The summed E-state index contributed by atoms with van der Waals surface area (Å²) in [7, 11) is 1.63. The van der Waals surface area contributed by atoms with Crippen molar-refractivity contribution >= 4 is 23.2 Å². The van der Waals surface area contributed by atoms with E-state index in [9.17, 15) is 0 Å². The molecule has 0 atom stereocenters. The van der Waals surface area contributed by atoms with Crippen molar-refractivity contribution in [2.75, 3.05) is 7.11 Å². The zero-order valence-electron chi connectivity index (χ0n) is 13.9. The fourth-order valence-electron chi connectivity index (χ4n) is 2.39. The molecule has 4 aromatic rings. The Balaban J connectivity index is 1.86. The maximum atomic E-state index is 5.53. The lowest BCUT2D eigenvalue weighted by atomic mass is 10.3. The first-order valence-corrected chi connectivity index (χ1v) is 8.73. The molecule has 0 saturated heterocycles. The van der Waals surface area contributed by atoms with Gasteiger partial charge in [0, 0.05) is 5.38 Å². The van der Waals surface area contributed by atoms with Gasteiger partial charge in [-0.15, -0.1) is 11.3 Å². The number of nitrogens with zero attached hydrogens (tertiary/aromatic N) is 3. The van der Waals surface area contributed by atoms with Gasteiger partial charge < -0.3 is 13.6 Å². The number of thiazole rings is 1. The third-order valence-corrected chi connectivity index (χ3v) is 4.42. The summed E-state index contributed by atoms with van der Waals surface area (Å²) in [5, 5.41) is 6.48. The number of furan rings is 2. The van der Waals surface area contributed by atoms with Crippen LogP contribution in [0.2, 0.25) is 0 Å². The highest BCUT2D eigenvalue weighted by molar-refractivity contribution is 7.07. The van der Waals surface area contributed by atoms with E-state index < -0.39 is 0 Å². The minimum Gasteiger partial charge on any atom is -0.494 e. The summed E-state index contributed by atoms with van der Waals surface area (Å²) in [5.74, 6) is 2.05. The van der Waals surface area contributed by atoms with Crippen LogP contribution < -0.4 is 9.54 Å². The van der Waals surface area contributed by atoms with Gasteiger partial charge in [0.1, 0.15) is 22.9 Å². The van der Waals surface area contributed by atoms with E-state index in [1.807, 2.05) is 53.9 Å². The lowest BCUT2D eigenvalue weighted by Crippen LogP contribution is -2.11. The van der Waals surface area contributed by atoms with Gasteiger partial charge in [0.05, 0.1) is 25.9 Å². The zero-order valence-corrected chi connectivity index (χ0v) is 14.7. The van der Waals surface area contributed by atoms with Gasteiger partial charge in [-0.2, -0.15) is 5.10 Å². The van der Waals surface area contributed by atoms with Crippen LogP contribution in [0.5, 0.6) is 5.75 Å². The van der Waals surface area contributed by atoms with E-state index in [1.165, 1.54) is 11.3 Å². The van der Waals surface area contributed by atoms with E-state index in [-0.39, 0.29) is 0 Å². The molecule has 130 valence electrons. The topological polar surface area (TPSA) is 65.2 Å². The fraction of sp³-hybridized carbons (Fsp3) is 0.0526. The summed E-state index contributed by atoms with van der Waals surface area (Å²) in [5.41, 5.74) is 1.53. The summed E-state index contributed by atoms with van der Waals surface area (Å²) in [6.45, 7) is 0. The number of ether oxygens (including phenoxy) is 1. The molecule has 26 heavy (non-hydrogen) atoms. The van der Waals surface area contributed by atoms with Gasteiger partial charge in [0.2, 0.25) is 4.80 Å². The molecule has 1 aromatic carbocycles. The van der Waals surface area contributed by atoms with Crippen molar-refractivity contribution < 1.29 is 13.6 Å². The second-order valence-corrected chi connectivity index (χ2v) is 6.07. The SMILES string of the molecule is COc1ccccc1N=c1scc(-c2ccco2)n1/N=C/c1ccco1. The first-order chi connectivity index (χ1) is 12.8. The molecule has 0 saturated carbocycles. The molecular formula is C19H15N3O3S. The Labute approximate surface area is 153 Å². The zero-order chi connectivity index (χ0) is 17.8.